The van der Waals surface area contributed by atoms with Crippen molar-refractivity contribution in [2.75, 3.05) is 26.2 Å². The molecule has 3 aliphatic heterocycles. The molecule has 3 aromatic heterocycles. The Morgan fingerprint density at radius 1 is 1.21 bits per heavy atom. The lowest BCUT2D eigenvalue weighted by Crippen LogP contribution is -2.59. The number of hydrogen-bond donors (Lipinski definition) is 3. The highest BCUT2D eigenvalue weighted by Crippen LogP contribution is 2.43. The first-order valence-corrected chi connectivity index (χ1v) is 16.5. The first-order chi connectivity index (χ1) is 22.8. The highest BCUT2D eigenvalue weighted by molar-refractivity contribution is 5.92. The summed E-state index contributed by atoms with van der Waals surface area (Å²) in [5.41, 5.74) is 1.21. The Hall–Kier alpha value is -3.73. The number of rotatable bonds is 8. The minimum absolute atomic E-state index is 0.0647. The molecule has 7 rings (SSSR count). The third kappa shape index (κ3) is 6.37. The number of nitrogens with zero attached hydrogens (tertiary/aromatic N) is 6. The fourth-order valence-electron chi connectivity index (χ4n) is 7.56. The van der Waals surface area contributed by atoms with Crippen LogP contribution < -0.4 is 16.0 Å². The van der Waals surface area contributed by atoms with Gasteiger partial charge in [-0.1, -0.05) is 0 Å². The molecule has 260 valence electrons. The normalized spacial score (nSPS) is 26.4. The maximum atomic E-state index is 14.2. The van der Waals surface area contributed by atoms with Crippen LogP contribution in [0.4, 0.5) is 22.0 Å². The van der Waals surface area contributed by atoms with E-state index in [4.69, 9.17) is 19.8 Å². The molecular formula is C31H38F5N9O3. The zero-order chi connectivity index (χ0) is 33.8. The molecule has 1 saturated carbocycles. The molecule has 1 spiro atoms. The van der Waals surface area contributed by atoms with Crippen molar-refractivity contribution in [2.45, 2.75) is 88.1 Å². The van der Waals surface area contributed by atoms with E-state index in [1.165, 1.54) is 15.4 Å². The highest BCUT2D eigenvalue weighted by Gasteiger charge is 2.48. The third-order valence-corrected chi connectivity index (χ3v) is 10.4. The molecule has 1 unspecified atom stereocenters. The van der Waals surface area contributed by atoms with Crippen LogP contribution in [0.5, 0.6) is 0 Å². The monoisotopic (exact) mass is 679 g/mol. The van der Waals surface area contributed by atoms with Gasteiger partial charge in [0.05, 0.1) is 47.4 Å². The summed E-state index contributed by atoms with van der Waals surface area (Å²) in [6.45, 7) is 3.49. The second-order valence-electron chi connectivity index (χ2n) is 13.6. The van der Waals surface area contributed by atoms with E-state index in [1.807, 2.05) is 6.92 Å². The van der Waals surface area contributed by atoms with Crippen LogP contribution in [0, 0.1) is 17.8 Å². The summed E-state index contributed by atoms with van der Waals surface area (Å²) in [5.74, 6) is -6.72. The van der Waals surface area contributed by atoms with Gasteiger partial charge in [0.15, 0.2) is 0 Å². The maximum absolute atomic E-state index is 14.2. The Balaban J connectivity index is 1.24. The number of aromatic nitrogens is 6. The molecule has 3 aromatic rings. The van der Waals surface area contributed by atoms with Gasteiger partial charge in [-0.2, -0.15) is 23.4 Å². The van der Waals surface area contributed by atoms with Crippen LogP contribution in [0.3, 0.4) is 0 Å². The number of amides is 2. The van der Waals surface area contributed by atoms with Gasteiger partial charge in [0.2, 0.25) is 11.8 Å². The Kier molecular flexibility index (Phi) is 8.41. The SMILES string of the molecule is CCn1nccc1C(=O)N[C@H](c1cn2nc(C[C@H]3C[C@@H](C(F)(F)F)CNC3=O)c(C3COC4(CNC4)C3)nc2n1)C1CCC(F)(F)CC1. The van der Waals surface area contributed by atoms with Gasteiger partial charge >= 0.3 is 6.18 Å². The largest absolute Gasteiger partial charge is 0.393 e. The molecule has 0 bridgehead atoms. The van der Waals surface area contributed by atoms with Gasteiger partial charge in [0.1, 0.15) is 5.69 Å². The molecule has 0 aromatic carbocycles. The number of carbonyl (C=O) groups is 2. The molecule has 0 radical (unpaired) electrons. The van der Waals surface area contributed by atoms with E-state index in [1.54, 1.807) is 12.3 Å². The van der Waals surface area contributed by atoms with Crippen LogP contribution in [-0.2, 0) is 22.5 Å². The van der Waals surface area contributed by atoms with Crippen molar-refractivity contribution >= 4 is 17.6 Å². The lowest BCUT2D eigenvalue weighted by molar-refractivity contribution is -0.183. The molecule has 3 N–H and O–H groups in total. The zero-order valence-corrected chi connectivity index (χ0v) is 26.4. The predicted octanol–water partition coefficient (Wildman–Crippen LogP) is 3.34. The number of fused-ring (bicyclic) bond motifs is 1. The Bertz CT molecular complexity index is 1680. The van der Waals surface area contributed by atoms with E-state index in [0.717, 1.165) is 0 Å². The van der Waals surface area contributed by atoms with E-state index in [0.29, 0.717) is 55.4 Å². The summed E-state index contributed by atoms with van der Waals surface area (Å²) >= 11 is 0. The second kappa shape index (κ2) is 12.3. The van der Waals surface area contributed by atoms with Crippen molar-refractivity contribution in [3.63, 3.8) is 0 Å². The van der Waals surface area contributed by atoms with Crippen molar-refractivity contribution in [3.05, 3.63) is 41.2 Å². The molecule has 4 aliphatic rings. The summed E-state index contributed by atoms with van der Waals surface area (Å²) in [6, 6.07) is 0.828. The van der Waals surface area contributed by atoms with E-state index in [-0.39, 0.29) is 61.7 Å². The van der Waals surface area contributed by atoms with Crippen molar-refractivity contribution in [3.8, 4) is 0 Å². The molecule has 12 nitrogen and oxygen atoms in total. The van der Waals surface area contributed by atoms with Gasteiger partial charge in [-0.05, 0) is 44.6 Å². The van der Waals surface area contributed by atoms with Crippen molar-refractivity contribution in [2.24, 2.45) is 17.8 Å². The van der Waals surface area contributed by atoms with Gasteiger partial charge in [0.25, 0.3) is 11.7 Å². The van der Waals surface area contributed by atoms with E-state index in [2.05, 4.69) is 21.0 Å². The minimum Gasteiger partial charge on any atom is -0.372 e. The Morgan fingerprint density at radius 2 is 1.98 bits per heavy atom. The van der Waals surface area contributed by atoms with E-state index in [9.17, 15) is 31.5 Å². The lowest BCUT2D eigenvalue weighted by Gasteiger charge is -2.38. The summed E-state index contributed by atoms with van der Waals surface area (Å²) in [5, 5.41) is 17.6. The van der Waals surface area contributed by atoms with Gasteiger partial charge in [-0.25, -0.2) is 23.3 Å². The molecule has 3 saturated heterocycles. The number of nitrogens with one attached hydrogen (secondary N) is 3. The average Bonchev–Trinajstić information content (AvgIpc) is 3.78. The smallest absolute Gasteiger partial charge is 0.372 e. The van der Waals surface area contributed by atoms with Crippen LogP contribution >= 0.6 is 0 Å². The van der Waals surface area contributed by atoms with E-state index < -0.39 is 48.3 Å². The summed E-state index contributed by atoms with van der Waals surface area (Å²) in [6.07, 6.45) is -1.52. The molecule has 48 heavy (non-hydrogen) atoms. The molecule has 17 heteroatoms. The van der Waals surface area contributed by atoms with Crippen molar-refractivity contribution in [1.82, 2.24) is 45.3 Å². The quantitative estimate of drug-likeness (QED) is 0.308. The van der Waals surface area contributed by atoms with Gasteiger partial charge in [-0.3, -0.25) is 14.3 Å². The molecule has 6 heterocycles. The van der Waals surface area contributed by atoms with Gasteiger partial charge in [0, 0.05) is 63.5 Å². The number of piperidine rings is 1. The number of carbonyl (C=O) groups excluding carboxylic acids is 2. The highest BCUT2D eigenvalue weighted by atomic mass is 19.4. The molecular weight excluding hydrogens is 641 g/mol. The first kappa shape index (κ1) is 32.8. The van der Waals surface area contributed by atoms with Crippen LogP contribution in [0.2, 0.25) is 0 Å². The number of imidazole rings is 1. The van der Waals surface area contributed by atoms with Crippen molar-refractivity contribution < 1.29 is 36.3 Å². The van der Waals surface area contributed by atoms with Crippen LogP contribution in [-0.4, -0.2) is 85.1 Å². The maximum Gasteiger partial charge on any atom is 0.393 e. The molecule has 2 amide bonds. The fourth-order valence-corrected chi connectivity index (χ4v) is 7.56. The summed E-state index contributed by atoms with van der Waals surface area (Å²) in [7, 11) is 0. The standard InChI is InChI=1S/C31H38F5N9O3/c1-2-44-23(5-8-39-44)27(47)41-24(17-3-6-30(32,33)7-4-17)22-13-45-28(40-22)42-25(19-11-29(48-14-19)15-37-16-29)21(43-45)10-18-9-20(31(34,35)36)12-38-26(18)46/h5,8,13,17-20,24,37H,2-4,6-7,9-12,14-16H2,1H3,(H,38,46)(H,41,47)/t18-,19?,20-,24+/m1/s1. The number of hydrogen-bond acceptors (Lipinski definition) is 8. The van der Waals surface area contributed by atoms with Crippen molar-refractivity contribution in [1.29, 1.82) is 0 Å². The minimum atomic E-state index is -4.45. The number of halogens is 5. The van der Waals surface area contributed by atoms with Crippen LogP contribution in [0.1, 0.15) is 85.0 Å². The molecule has 4 fully saturated rings. The topological polar surface area (TPSA) is 140 Å². The third-order valence-electron chi connectivity index (χ3n) is 10.4. The number of aryl methyl sites for hydroxylation is 1. The fraction of sp³-hybridized carbons (Fsp3) is 0.677. The molecule has 4 atom stereocenters. The lowest BCUT2D eigenvalue weighted by atomic mass is 9.81. The van der Waals surface area contributed by atoms with Crippen LogP contribution in [0.25, 0.3) is 5.78 Å². The summed E-state index contributed by atoms with van der Waals surface area (Å²) in [4.78, 5) is 35.9. The molecule has 1 aliphatic carbocycles. The van der Waals surface area contributed by atoms with Gasteiger partial charge < -0.3 is 20.7 Å². The van der Waals surface area contributed by atoms with Gasteiger partial charge in [-0.15, -0.1) is 0 Å². The average molecular weight is 680 g/mol. The second-order valence-corrected chi connectivity index (χ2v) is 13.6. The number of alkyl halides is 5. The van der Waals surface area contributed by atoms with Crippen LogP contribution in [0.15, 0.2) is 18.5 Å². The number of ether oxygens (including phenoxy) is 1. The Morgan fingerprint density at radius 3 is 2.65 bits per heavy atom. The van der Waals surface area contributed by atoms with E-state index >= 15 is 0 Å². The summed E-state index contributed by atoms with van der Waals surface area (Å²) < 4.78 is 78.4. The zero-order valence-electron chi connectivity index (χ0n) is 26.4. The first-order valence-electron chi connectivity index (χ1n) is 16.5. The Labute approximate surface area is 272 Å². The predicted molar refractivity (Wildman–Crippen MR) is 159 cm³/mol.